The van der Waals surface area contributed by atoms with Gasteiger partial charge >= 0.3 is 0 Å². The van der Waals surface area contributed by atoms with E-state index < -0.39 is 6.10 Å². The molecule has 3 aromatic rings. The van der Waals surface area contributed by atoms with Crippen molar-refractivity contribution in [3.8, 4) is 5.75 Å². The van der Waals surface area contributed by atoms with Crippen LogP contribution in [0, 0.1) is 6.92 Å². The Balaban J connectivity index is 1.69. The summed E-state index contributed by atoms with van der Waals surface area (Å²) >= 11 is 0. The highest BCUT2D eigenvalue weighted by Crippen LogP contribution is 2.29. The number of phenols is 1. The van der Waals surface area contributed by atoms with Gasteiger partial charge in [0.05, 0.1) is 22.9 Å². The number of aryl methyl sites for hydroxylation is 1. The Morgan fingerprint density at radius 3 is 2.92 bits per heavy atom. The van der Waals surface area contributed by atoms with E-state index in [1.807, 2.05) is 25.1 Å². The Bertz CT molecular complexity index is 980. The lowest BCUT2D eigenvalue weighted by atomic mass is 10.0. The lowest BCUT2D eigenvalue weighted by molar-refractivity contribution is 0.0762. The Morgan fingerprint density at radius 2 is 2.19 bits per heavy atom. The molecular weight excluding hydrogens is 330 g/mol. The van der Waals surface area contributed by atoms with Crippen LogP contribution in [0.5, 0.6) is 5.75 Å². The standard InChI is InChI=1S/C20H21N3O3/c1-12-3-2-4-13(7-12)8-17-15-9-16(19(25)10-18(15)22-21-17)20(26)23-6-5-14(24)11-23/h2-4,7,9-10,14,24-25H,5-6,8,11H2,1H3,(H,21,22)/t14-/m0/s1. The van der Waals surface area contributed by atoms with Gasteiger partial charge in [0.15, 0.2) is 0 Å². The van der Waals surface area contributed by atoms with Crippen LogP contribution in [0.15, 0.2) is 36.4 Å². The Hall–Kier alpha value is -2.86. The van der Waals surface area contributed by atoms with Crippen molar-refractivity contribution in [1.82, 2.24) is 15.1 Å². The van der Waals surface area contributed by atoms with Gasteiger partial charge in [0.2, 0.25) is 0 Å². The van der Waals surface area contributed by atoms with Gasteiger partial charge in [-0.1, -0.05) is 29.8 Å². The minimum Gasteiger partial charge on any atom is -0.507 e. The Morgan fingerprint density at radius 1 is 1.35 bits per heavy atom. The molecule has 0 unspecified atom stereocenters. The fraction of sp³-hybridized carbons (Fsp3) is 0.300. The molecule has 1 atom stereocenters. The summed E-state index contributed by atoms with van der Waals surface area (Å²) in [4.78, 5) is 14.3. The fourth-order valence-electron chi connectivity index (χ4n) is 3.53. The fourth-order valence-corrected chi connectivity index (χ4v) is 3.53. The third kappa shape index (κ3) is 3.04. The zero-order chi connectivity index (χ0) is 18.3. The van der Waals surface area contributed by atoms with E-state index in [1.165, 1.54) is 5.56 Å². The van der Waals surface area contributed by atoms with E-state index in [1.54, 1.807) is 17.0 Å². The van der Waals surface area contributed by atoms with E-state index in [4.69, 9.17) is 0 Å². The number of likely N-dealkylation sites (tertiary alicyclic amines) is 1. The van der Waals surface area contributed by atoms with Crippen molar-refractivity contribution < 1.29 is 15.0 Å². The predicted molar refractivity (Wildman–Crippen MR) is 98.3 cm³/mol. The highest BCUT2D eigenvalue weighted by Gasteiger charge is 2.27. The molecule has 0 radical (unpaired) electrons. The maximum Gasteiger partial charge on any atom is 0.257 e. The van der Waals surface area contributed by atoms with Crippen molar-refractivity contribution in [3.63, 3.8) is 0 Å². The number of nitrogens with one attached hydrogen (secondary N) is 1. The number of hydrogen-bond acceptors (Lipinski definition) is 4. The van der Waals surface area contributed by atoms with E-state index in [0.717, 1.165) is 16.6 Å². The monoisotopic (exact) mass is 351 g/mol. The van der Waals surface area contributed by atoms with Crippen LogP contribution in [0.1, 0.15) is 33.6 Å². The minimum absolute atomic E-state index is 0.0744. The summed E-state index contributed by atoms with van der Waals surface area (Å²) in [5.41, 5.74) is 4.10. The molecule has 2 heterocycles. The molecule has 1 amide bonds. The van der Waals surface area contributed by atoms with Crippen LogP contribution in [0.25, 0.3) is 10.9 Å². The van der Waals surface area contributed by atoms with Gasteiger partial charge in [-0.25, -0.2) is 0 Å². The number of fused-ring (bicyclic) bond motifs is 1. The van der Waals surface area contributed by atoms with Crippen LogP contribution in [0.2, 0.25) is 0 Å². The molecule has 1 aliphatic heterocycles. The number of phenolic OH excluding ortho intramolecular Hbond substituents is 1. The van der Waals surface area contributed by atoms with Crippen LogP contribution in [0.4, 0.5) is 0 Å². The minimum atomic E-state index is -0.490. The number of rotatable bonds is 3. The second-order valence-electron chi connectivity index (χ2n) is 6.94. The first-order chi connectivity index (χ1) is 12.5. The number of hydrogen-bond donors (Lipinski definition) is 3. The molecule has 26 heavy (non-hydrogen) atoms. The molecule has 1 fully saturated rings. The third-order valence-electron chi connectivity index (χ3n) is 4.89. The number of benzene rings is 2. The summed E-state index contributed by atoms with van der Waals surface area (Å²) in [5.74, 6) is -0.335. The lowest BCUT2D eigenvalue weighted by Crippen LogP contribution is -2.29. The van der Waals surface area contributed by atoms with Gasteiger partial charge in [-0.05, 0) is 25.0 Å². The molecule has 3 N–H and O–H groups in total. The highest BCUT2D eigenvalue weighted by atomic mass is 16.3. The van der Waals surface area contributed by atoms with E-state index in [9.17, 15) is 15.0 Å². The number of aromatic hydroxyl groups is 1. The molecule has 1 aliphatic rings. The van der Waals surface area contributed by atoms with Gasteiger partial charge in [0, 0.05) is 31.0 Å². The van der Waals surface area contributed by atoms with Crippen LogP contribution in [-0.2, 0) is 6.42 Å². The first kappa shape index (κ1) is 16.6. The van der Waals surface area contributed by atoms with Crippen LogP contribution in [0.3, 0.4) is 0 Å². The van der Waals surface area contributed by atoms with Gasteiger partial charge in [0.25, 0.3) is 5.91 Å². The van der Waals surface area contributed by atoms with Crippen molar-refractivity contribution >= 4 is 16.8 Å². The Labute approximate surface area is 151 Å². The first-order valence-electron chi connectivity index (χ1n) is 8.74. The molecule has 0 saturated carbocycles. The molecule has 1 saturated heterocycles. The molecule has 0 spiro atoms. The number of aliphatic hydroxyl groups excluding tert-OH is 1. The zero-order valence-corrected chi connectivity index (χ0v) is 14.6. The number of aromatic nitrogens is 2. The number of nitrogens with zero attached hydrogens (tertiary/aromatic N) is 2. The molecule has 0 aliphatic carbocycles. The van der Waals surface area contributed by atoms with Crippen molar-refractivity contribution in [3.05, 3.63) is 58.8 Å². The summed E-state index contributed by atoms with van der Waals surface area (Å²) in [6.45, 7) is 2.85. The van der Waals surface area contributed by atoms with Crippen molar-refractivity contribution in [2.24, 2.45) is 0 Å². The van der Waals surface area contributed by atoms with Gasteiger partial charge in [-0.15, -0.1) is 0 Å². The molecular formula is C20H21N3O3. The highest BCUT2D eigenvalue weighted by molar-refractivity contribution is 6.01. The quantitative estimate of drug-likeness (QED) is 0.676. The molecule has 6 nitrogen and oxygen atoms in total. The van der Waals surface area contributed by atoms with Gasteiger partial charge < -0.3 is 15.1 Å². The van der Waals surface area contributed by atoms with Gasteiger partial charge in [0.1, 0.15) is 5.75 Å². The Kier molecular flexibility index (Phi) is 4.12. The van der Waals surface area contributed by atoms with Crippen LogP contribution in [-0.4, -0.2) is 50.4 Å². The molecule has 1 aromatic heterocycles. The first-order valence-corrected chi connectivity index (χ1v) is 8.74. The molecule has 4 rings (SSSR count). The van der Waals surface area contributed by atoms with E-state index in [-0.39, 0.29) is 17.2 Å². The predicted octanol–water partition coefficient (Wildman–Crippen LogP) is 2.37. The third-order valence-corrected chi connectivity index (χ3v) is 4.89. The average Bonchev–Trinajstić information content (AvgIpc) is 3.20. The summed E-state index contributed by atoms with van der Waals surface area (Å²) in [6, 6.07) is 11.5. The second-order valence-corrected chi connectivity index (χ2v) is 6.94. The van der Waals surface area contributed by atoms with E-state index in [2.05, 4.69) is 16.3 Å². The topological polar surface area (TPSA) is 89.4 Å². The molecule has 2 aromatic carbocycles. The number of amides is 1. The van der Waals surface area contributed by atoms with Crippen molar-refractivity contribution in [2.75, 3.05) is 13.1 Å². The number of carbonyl (C=O) groups excluding carboxylic acids is 1. The average molecular weight is 351 g/mol. The van der Waals surface area contributed by atoms with Crippen LogP contribution < -0.4 is 0 Å². The molecule has 0 bridgehead atoms. The summed E-state index contributed by atoms with van der Waals surface area (Å²) in [6.07, 6.45) is 0.720. The SMILES string of the molecule is Cc1cccc(Cc2n[nH]c3cc(O)c(C(=O)N4CC[C@H](O)C4)cc23)c1. The maximum absolute atomic E-state index is 12.7. The number of H-pyrrole nitrogens is 1. The summed E-state index contributed by atoms with van der Waals surface area (Å²) < 4.78 is 0. The summed E-state index contributed by atoms with van der Waals surface area (Å²) in [5, 5.41) is 28.1. The maximum atomic E-state index is 12.7. The normalized spacial score (nSPS) is 17.2. The van der Waals surface area contributed by atoms with Gasteiger partial charge in [-0.3, -0.25) is 9.89 Å². The largest absolute Gasteiger partial charge is 0.507 e. The lowest BCUT2D eigenvalue weighted by Gasteiger charge is -2.16. The van der Waals surface area contributed by atoms with Crippen LogP contribution >= 0.6 is 0 Å². The zero-order valence-electron chi connectivity index (χ0n) is 14.6. The van der Waals surface area contributed by atoms with Gasteiger partial charge in [-0.2, -0.15) is 5.10 Å². The molecule has 134 valence electrons. The number of carbonyl (C=O) groups is 1. The molecule has 6 heteroatoms. The number of β-amino-alcohol motifs (C(OH)–C–C–N with tert-alkyl or cyclic N) is 1. The van der Waals surface area contributed by atoms with E-state index >= 15 is 0 Å². The number of aromatic amines is 1. The van der Waals surface area contributed by atoms with Crippen molar-refractivity contribution in [1.29, 1.82) is 0 Å². The summed E-state index contributed by atoms with van der Waals surface area (Å²) in [7, 11) is 0. The second kappa shape index (κ2) is 6.46. The smallest absolute Gasteiger partial charge is 0.257 e. The van der Waals surface area contributed by atoms with E-state index in [0.29, 0.717) is 31.4 Å². The number of aliphatic hydroxyl groups is 1. The van der Waals surface area contributed by atoms with Crippen molar-refractivity contribution in [2.45, 2.75) is 25.9 Å².